The fraction of sp³-hybridized carbons (Fsp3) is 0. The van der Waals surface area contributed by atoms with Crippen LogP contribution in [0.25, 0.3) is 10.8 Å². The summed E-state index contributed by atoms with van der Waals surface area (Å²) in [6.07, 6.45) is 0. The molecule has 0 heterocycles. The second-order valence-electron chi connectivity index (χ2n) is 2.69. The third-order valence-electron chi connectivity index (χ3n) is 1.88. The summed E-state index contributed by atoms with van der Waals surface area (Å²) in [6.45, 7) is 1.40. The van der Waals surface area contributed by atoms with Gasteiger partial charge in [-0.25, -0.2) is 0 Å². The first-order chi connectivity index (χ1) is 6.40. The van der Waals surface area contributed by atoms with E-state index >= 15 is 0 Å². The molecule has 0 saturated carbocycles. The van der Waals surface area contributed by atoms with E-state index in [4.69, 9.17) is 0 Å². The summed E-state index contributed by atoms with van der Waals surface area (Å²) in [6, 6.07) is 13.3. The molecule has 3 heteroatoms. The van der Waals surface area contributed by atoms with Crippen molar-refractivity contribution >= 4 is 17.2 Å². The molecule has 0 amide bonds. The number of fused-ring (bicyclic) bond motifs is 1. The normalized spacial score (nSPS) is 9.14. The summed E-state index contributed by atoms with van der Waals surface area (Å²) in [5.41, 5.74) is 0. The summed E-state index contributed by atoms with van der Waals surface area (Å²) < 4.78 is 4.61. The van der Waals surface area contributed by atoms with Crippen LogP contribution in [0.1, 0.15) is 0 Å². The fourth-order valence-electron chi connectivity index (χ4n) is 1.28. The number of ether oxygens (including phenoxy) is 1. The molecule has 2 nitrogen and oxygen atoms in total. The maximum Gasteiger partial charge on any atom is 1.00 e. The molecule has 64 valence electrons. The van der Waals surface area contributed by atoms with Crippen molar-refractivity contribution in [3.8, 4) is 5.75 Å². The number of benzene rings is 2. The van der Waals surface area contributed by atoms with Crippen molar-refractivity contribution < 1.29 is 60.9 Å². The first-order valence-corrected chi connectivity index (χ1v) is 3.93. The summed E-state index contributed by atoms with van der Waals surface area (Å²) in [4.78, 5) is 9.96. The molecule has 0 aliphatic rings. The molecule has 0 aliphatic heterocycles. The molecule has 0 radical (unpaired) electrons. The van der Waals surface area contributed by atoms with Crippen molar-refractivity contribution in [1.82, 2.24) is 0 Å². The molecule has 0 fully saturated rings. The zero-order chi connectivity index (χ0) is 9.10. The second kappa shape index (κ2) is 5.63. The van der Waals surface area contributed by atoms with Crippen molar-refractivity contribution in [3.05, 3.63) is 42.5 Å². The van der Waals surface area contributed by atoms with Gasteiger partial charge in [-0.05, 0) is 16.5 Å². The van der Waals surface area contributed by atoms with E-state index in [1.165, 1.54) is 6.47 Å². The van der Waals surface area contributed by atoms with Crippen LogP contribution >= 0.6 is 0 Å². The van der Waals surface area contributed by atoms with E-state index < -0.39 is 0 Å². The average molecular weight is 210 g/mol. The quantitative estimate of drug-likeness (QED) is 0.483. The zero-order valence-electron chi connectivity index (χ0n) is 7.86. The average Bonchev–Trinajstić information content (AvgIpc) is 2.18. The van der Waals surface area contributed by atoms with Gasteiger partial charge in [-0.1, -0.05) is 36.4 Å². The first kappa shape index (κ1) is 11.9. The van der Waals surface area contributed by atoms with Gasteiger partial charge in [-0.3, -0.25) is 0 Å². The molecular weight excluding hydrogens is 203 g/mol. The number of carbonyl (C=O) groups excluding carboxylic acids is 1. The molecule has 0 aliphatic carbocycles. The van der Waals surface area contributed by atoms with Crippen molar-refractivity contribution in [3.63, 3.8) is 0 Å². The van der Waals surface area contributed by atoms with Gasteiger partial charge in [0.25, 0.3) is 0 Å². The maximum absolute atomic E-state index is 9.96. The van der Waals surface area contributed by atoms with Gasteiger partial charge in [0.2, 0.25) is 0 Å². The molecule has 0 unspecified atom stereocenters. The minimum atomic E-state index is 0. The smallest absolute Gasteiger partial charge is 0.610 e. The van der Waals surface area contributed by atoms with Gasteiger partial charge < -0.3 is 9.53 Å². The Balaban J connectivity index is 0.000000980. The molecule has 2 rings (SSSR count). The Labute approximate surface area is 125 Å². The Bertz CT molecular complexity index is 440. The van der Waals surface area contributed by atoms with E-state index in [9.17, 15) is 4.79 Å². The van der Waals surface area contributed by atoms with Gasteiger partial charge in [-0.2, -0.15) is 0 Å². The number of hydrogen-bond donors (Lipinski definition) is 0. The Hall–Kier alpha value is -0.194. The van der Waals surface area contributed by atoms with E-state index in [0.717, 1.165) is 10.8 Å². The zero-order valence-corrected chi connectivity index (χ0v) is 11.0. The summed E-state index contributed by atoms with van der Waals surface area (Å²) >= 11 is 0. The molecule has 0 bridgehead atoms. The van der Waals surface area contributed by atoms with E-state index in [0.29, 0.717) is 5.75 Å². The van der Waals surface area contributed by atoms with Gasteiger partial charge >= 0.3 is 51.4 Å². The molecule has 0 saturated heterocycles. The van der Waals surface area contributed by atoms with E-state index in [-0.39, 0.29) is 51.4 Å². The summed E-state index contributed by atoms with van der Waals surface area (Å²) in [5, 5.41) is 2.18. The Morgan fingerprint density at radius 1 is 1.00 bits per heavy atom. The van der Waals surface area contributed by atoms with E-state index in [1.807, 2.05) is 30.3 Å². The Morgan fingerprint density at radius 3 is 2.43 bits per heavy atom. The van der Waals surface area contributed by atoms with Crippen LogP contribution < -0.4 is 56.1 Å². The number of hydrogen-bond acceptors (Lipinski definition) is 2. The van der Waals surface area contributed by atoms with Crippen LogP contribution in [-0.4, -0.2) is 6.47 Å². The van der Waals surface area contributed by atoms with Crippen molar-refractivity contribution in [2.24, 2.45) is 0 Å². The molecule has 14 heavy (non-hydrogen) atoms. The predicted octanol–water partition coefficient (Wildman–Crippen LogP) is -0.710. The fourth-order valence-corrected chi connectivity index (χ4v) is 1.28. The van der Waals surface area contributed by atoms with Crippen LogP contribution in [-0.2, 0) is 4.79 Å². The topological polar surface area (TPSA) is 26.3 Å². The third kappa shape index (κ3) is 2.65. The van der Waals surface area contributed by atoms with Gasteiger partial charge in [0.05, 0.1) is 0 Å². The van der Waals surface area contributed by atoms with Crippen LogP contribution in [0.2, 0.25) is 0 Å². The van der Waals surface area contributed by atoms with Crippen molar-refractivity contribution in [2.75, 3.05) is 0 Å². The SMILES string of the molecule is O=[C-]Oc1ccc2ccccc2c1.[K+]. The summed E-state index contributed by atoms with van der Waals surface area (Å²) in [7, 11) is 0. The second-order valence-corrected chi connectivity index (χ2v) is 2.69. The molecule has 0 atom stereocenters. The largest absolute Gasteiger partial charge is 1.00 e. The van der Waals surface area contributed by atoms with Gasteiger partial charge in [0, 0.05) is 0 Å². The van der Waals surface area contributed by atoms with Crippen LogP contribution in [0.5, 0.6) is 5.75 Å². The standard InChI is InChI=1S/C11H7O2.K/c12-8-13-11-6-5-9-3-1-2-4-10(9)7-11;/h1-7H;/q-1;+1. The minimum Gasteiger partial charge on any atom is -0.610 e. The van der Waals surface area contributed by atoms with Gasteiger partial charge in [-0.15, -0.1) is 6.07 Å². The van der Waals surface area contributed by atoms with Gasteiger partial charge in [0.15, 0.2) is 6.47 Å². The predicted molar refractivity (Wildman–Crippen MR) is 50.3 cm³/mol. The first-order valence-electron chi connectivity index (χ1n) is 3.93. The molecular formula is C11H7KO2. The molecule has 0 N–H and O–H groups in total. The van der Waals surface area contributed by atoms with E-state index in [2.05, 4.69) is 4.74 Å². The van der Waals surface area contributed by atoms with Crippen LogP contribution in [0, 0.1) is 0 Å². The molecule has 0 aromatic heterocycles. The summed E-state index contributed by atoms with van der Waals surface area (Å²) in [5.74, 6) is 0.522. The Morgan fingerprint density at radius 2 is 1.71 bits per heavy atom. The Kier molecular flexibility index (Phi) is 4.78. The van der Waals surface area contributed by atoms with Gasteiger partial charge in [0.1, 0.15) is 0 Å². The molecule has 2 aromatic rings. The number of rotatable bonds is 2. The monoisotopic (exact) mass is 210 g/mol. The van der Waals surface area contributed by atoms with Crippen LogP contribution in [0.4, 0.5) is 0 Å². The third-order valence-corrected chi connectivity index (χ3v) is 1.88. The molecule has 2 aromatic carbocycles. The van der Waals surface area contributed by atoms with E-state index in [1.54, 1.807) is 12.1 Å². The van der Waals surface area contributed by atoms with Crippen molar-refractivity contribution in [1.29, 1.82) is 0 Å². The molecule has 0 spiro atoms. The van der Waals surface area contributed by atoms with Crippen LogP contribution in [0.3, 0.4) is 0 Å². The maximum atomic E-state index is 9.96. The van der Waals surface area contributed by atoms with Crippen LogP contribution in [0.15, 0.2) is 42.5 Å². The van der Waals surface area contributed by atoms with Crippen molar-refractivity contribution in [2.45, 2.75) is 0 Å². The minimum absolute atomic E-state index is 0.